The molecule has 17 nitrogen and oxygen atoms in total. The summed E-state index contributed by atoms with van der Waals surface area (Å²) in [7, 11) is -4.32. The molecule has 7 atom stereocenters. The van der Waals surface area contributed by atoms with Gasteiger partial charge in [-0.05, 0) is 6.42 Å². The largest absolute Gasteiger partial charge is 0.474 e. The number of ether oxygens (including phenoxy) is 2. The second-order valence-electron chi connectivity index (χ2n) is 9.52. The van der Waals surface area contributed by atoms with Crippen LogP contribution in [0.2, 0.25) is 0 Å². The molecule has 2 bridgehead atoms. The Hall–Kier alpha value is -2.64. The average molecular weight is 617 g/mol. The van der Waals surface area contributed by atoms with Gasteiger partial charge in [0.2, 0.25) is 11.8 Å². The molecule has 0 unspecified atom stereocenters. The lowest BCUT2D eigenvalue weighted by Crippen LogP contribution is -2.37. The Balaban J connectivity index is 1.25. The van der Waals surface area contributed by atoms with Crippen LogP contribution in [0.4, 0.5) is 5.95 Å². The summed E-state index contributed by atoms with van der Waals surface area (Å²) in [5.74, 6) is -0.267. The van der Waals surface area contributed by atoms with Gasteiger partial charge in [0.25, 0.3) is 5.56 Å². The van der Waals surface area contributed by atoms with Crippen molar-refractivity contribution in [2.75, 3.05) is 18.9 Å². The van der Waals surface area contributed by atoms with Gasteiger partial charge in [0, 0.05) is 37.6 Å². The lowest BCUT2D eigenvalue weighted by Gasteiger charge is -2.25. The number of thiol groups is 1. The van der Waals surface area contributed by atoms with Crippen molar-refractivity contribution in [2.45, 2.75) is 49.9 Å². The van der Waals surface area contributed by atoms with Crippen LogP contribution in [0.1, 0.15) is 25.5 Å². The Kier molecular flexibility index (Phi) is 7.32. The zero-order chi connectivity index (χ0) is 28.1. The quantitative estimate of drug-likeness (QED) is 0.230. The minimum absolute atomic E-state index is 0.0223. The third-order valence-corrected chi connectivity index (χ3v) is 9.43. The predicted octanol–water partition coefficient (Wildman–Crippen LogP) is 0.310. The average Bonchev–Trinajstić information content (AvgIpc) is 3.58. The third kappa shape index (κ3) is 5.87. The molecule has 20 heteroatoms. The molecular weight excluding hydrogens is 591 g/mol. The number of nitrogens with zero attached hydrogens (tertiary/aromatic N) is 5. The van der Waals surface area contributed by atoms with Crippen molar-refractivity contribution in [3.63, 3.8) is 0 Å². The fourth-order valence-corrected chi connectivity index (χ4v) is 7.63. The zero-order valence-corrected chi connectivity index (χ0v) is 23.2. The summed E-state index contributed by atoms with van der Waals surface area (Å²) in [5, 5.41) is 0. The van der Waals surface area contributed by atoms with Gasteiger partial charge in [0.1, 0.15) is 18.5 Å². The lowest BCUT2D eigenvalue weighted by atomic mass is 10.1. The molecule has 0 spiro atoms. The van der Waals surface area contributed by atoms with Crippen molar-refractivity contribution in [2.24, 2.45) is 5.92 Å². The third-order valence-electron chi connectivity index (χ3n) is 6.76. The SMILES string of the molecule is Nc1nc2c(ncn2[C@H]2O[C@@H]3CO[P@@](=O)(S)O[C@H]4C[C@H](Oc5ccncn5)C[C@@H]4CNS(=O)(=O)O[C@@H]2C3)c(=O)[nH]1. The number of hydrogen-bond donors (Lipinski definition) is 4. The van der Waals surface area contributed by atoms with Crippen LogP contribution >= 0.6 is 19.0 Å². The zero-order valence-electron chi connectivity index (χ0n) is 20.6. The molecule has 216 valence electrons. The summed E-state index contributed by atoms with van der Waals surface area (Å²) in [6.07, 6.45) is 0.777. The molecule has 4 N–H and O–H groups in total. The monoisotopic (exact) mass is 616 g/mol. The Labute approximate surface area is 232 Å². The van der Waals surface area contributed by atoms with Gasteiger partial charge in [-0.2, -0.15) is 18.1 Å². The fourth-order valence-electron chi connectivity index (χ4n) is 5.07. The van der Waals surface area contributed by atoms with Gasteiger partial charge in [-0.1, -0.05) is 12.2 Å². The summed E-state index contributed by atoms with van der Waals surface area (Å²) < 4.78 is 71.8. The van der Waals surface area contributed by atoms with Crippen LogP contribution in [-0.4, -0.2) is 75.5 Å². The Bertz CT molecular complexity index is 1610. The van der Waals surface area contributed by atoms with E-state index < -0.39 is 59.2 Å². The molecule has 40 heavy (non-hydrogen) atoms. The molecule has 0 radical (unpaired) electrons. The van der Waals surface area contributed by atoms with E-state index in [-0.39, 0.29) is 36.7 Å². The van der Waals surface area contributed by atoms with Crippen molar-refractivity contribution < 1.29 is 35.7 Å². The van der Waals surface area contributed by atoms with Crippen LogP contribution in [0.5, 0.6) is 5.88 Å². The van der Waals surface area contributed by atoms with Crippen molar-refractivity contribution in [1.82, 2.24) is 34.2 Å². The molecule has 2 aliphatic heterocycles. The molecule has 2 saturated heterocycles. The Morgan fingerprint density at radius 2 is 2.08 bits per heavy atom. The van der Waals surface area contributed by atoms with Crippen LogP contribution < -0.4 is 20.8 Å². The molecule has 6 rings (SSSR count). The number of nitrogens with two attached hydrogens (primary N) is 1. The number of H-pyrrole nitrogens is 1. The van der Waals surface area contributed by atoms with Crippen LogP contribution in [0.3, 0.4) is 0 Å². The molecular formula is C20H25N8O9PS2. The van der Waals surface area contributed by atoms with E-state index >= 15 is 0 Å². The van der Waals surface area contributed by atoms with E-state index in [0.29, 0.717) is 18.7 Å². The first-order valence-electron chi connectivity index (χ1n) is 12.2. The first kappa shape index (κ1) is 27.5. The number of nitrogen functional groups attached to an aromatic ring is 1. The van der Waals surface area contributed by atoms with Gasteiger partial charge >= 0.3 is 17.1 Å². The number of fused-ring (bicyclic) bond motifs is 4. The molecule has 1 saturated carbocycles. The predicted molar refractivity (Wildman–Crippen MR) is 139 cm³/mol. The number of imidazole rings is 1. The highest BCUT2D eigenvalue weighted by molar-refractivity contribution is 8.44. The summed E-state index contributed by atoms with van der Waals surface area (Å²) in [4.78, 5) is 30.6. The second kappa shape index (κ2) is 10.6. The van der Waals surface area contributed by atoms with E-state index in [0.717, 1.165) is 0 Å². The van der Waals surface area contributed by atoms with E-state index in [1.54, 1.807) is 6.07 Å². The van der Waals surface area contributed by atoms with Crippen LogP contribution in [0.25, 0.3) is 11.2 Å². The smallest absolute Gasteiger partial charge is 0.386 e. The number of anilines is 1. The van der Waals surface area contributed by atoms with E-state index in [9.17, 15) is 17.8 Å². The minimum atomic E-state index is -4.32. The summed E-state index contributed by atoms with van der Waals surface area (Å²) in [6.45, 7) is -4.25. The highest BCUT2D eigenvalue weighted by Gasteiger charge is 2.45. The molecule has 3 fully saturated rings. The minimum Gasteiger partial charge on any atom is -0.474 e. The molecule has 0 aromatic carbocycles. The van der Waals surface area contributed by atoms with E-state index in [4.69, 9.17) is 28.4 Å². The number of aromatic nitrogens is 6. The van der Waals surface area contributed by atoms with Crippen LogP contribution in [0.15, 0.2) is 29.7 Å². The molecule has 1 aliphatic carbocycles. The first-order valence-corrected chi connectivity index (χ1v) is 16.3. The number of nitrogens with one attached hydrogen (secondary N) is 2. The molecule has 5 heterocycles. The highest BCUT2D eigenvalue weighted by atomic mass is 32.7. The maximum Gasteiger partial charge on any atom is 0.386 e. The van der Waals surface area contributed by atoms with E-state index in [1.807, 2.05) is 0 Å². The molecule has 3 aromatic rings. The summed E-state index contributed by atoms with van der Waals surface area (Å²) in [5.41, 5.74) is 5.17. The van der Waals surface area contributed by atoms with Gasteiger partial charge in [0.15, 0.2) is 17.4 Å². The van der Waals surface area contributed by atoms with Gasteiger partial charge in [0.05, 0.1) is 25.1 Å². The number of hydrogen-bond acceptors (Lipinski definition) is 14. The van der Waals surface area contributed by atoms with Gasteiger partial charge < -0.3 is 15.2 Å². The first-order chi connectivity index (χ1) is 19.1. The van der Waals surface area contributed by atoms with Crippen molar-refractivity contribution >= 4 is 46.5 Å². The topological polar surface area (TPSA) is 225 Å². The maximum absolute atomic E-state index is 13.2. The second-order valence-corrected chi connectivity index (χ2v) is 13.8. The van der Waals surface area contributed by atoms with Crippen molar-refractivity contribution in [3.05, 3.63) is 35.3 Å². The van der Waals surface area contributed by atoms with Gasteiger partial charge in [-0.3, -0.25) is 23.4 Å². The normalized spacial score (nSPS) is 34.4. The Morgan fingerprint density at radius 3 is 2.88 bits per heavy atom. The lowest BCUT2D eigenvalue weighted by molar-refractivity contribution is -0.0419. The summed E-state index contributed by atoms with van der Waals surface area (Å²) in [6, 6.07) is 1.59. The molecule has 3 aromatic heterocycles. The number of rotatable bonds is 3. The van der Waals surface area contributed by atoms with Gasteiger partial charge in [-0.15, -0.1) is 0 Å². The standard InChI is InChI=1S/C20H25N8O9PS2/c21-20-26-17-16(18(29)27-20)24-9-28(17)19-14-5-12(35-19)7-33-38(30,39)36-13-4-11(34-15-1-2-22-8-23-15)3-10(13)6-25-40(31,32)37-14/h1-2,8-14,19,25H,3-7H2,(H,30,39)(H3,21,26,27,29)/t10-,11-,12+,13+,14-,19+,38-/m1/s1. The highest BCUT2D eigenvalue weighted by Crippen LogP contribution is 2.57. The fraction of sp³-hybridized carbons (Fsp3) is 0.550. The molecule has 0 amide bonds. The van der Waals surface area contributed by atoms with Crippen molar-refractivity contribution in [3.8, 4) is 5.88 Å². The van der Waals surface area contributed by atoms with Crippen molar-refractivity contribution in [1.29, 1.82) is 0 Å². The van der Waals surface area contributed by atoms with E-state index in [1.165, 1.54) is 23.4 Å². The van der Waals surface area contributed by atoms with Crippen LogP contribution in [-0.2, 0) is 32.8 Å². The number of aromatic amines is 1. The van der Waals surface area contributed by atoms with Gasteiger partial charge in [-0.25, -0.2) is 23.7 Å². The Morgan fingerprint density at radius 1 is 1.23 bits per heavy atom. The summed E-state index contributed by atoms with van der Waals surface area (Å²) >= 11 is 4.14. The maximum atomic E-state index is 13.2. The molecule has 3 aliphatic rings. The van der Waals surface area contributed by atoms with Crippen LogP contribution in [0, 0.1) is 5.92 Å². The van der Waals surface area contributed by atoms with E-state index in [2.05, 4.69) is 41.9 Å².